The summed E-state index contributed by atoms with van der Waals surface area (Å²) in [7, 11) is 0. The second kappa shape index (κ2) is 7.17. The van der Waals surface area contributed by atoms with Crippen LogP contribution in [-0.2, 0) is 0 Å². The zero-order chi connectivity index (χ0) is 18.0. The van der Waals surface area contributed by atoms with Gasteiger partial charge in [0.25, 0.3) is 0 Å². The first kappa shape index (κ1) is 17.2. The molecule has 0 aliphatic carbocycles. The van der Waals surface area contributed by atoms with Crippen LogP contribution in [0.2, 0.25) is 5.02 Å². The summed E-state index contributed by atoms with van der Waals surface area (Å²) >= 11 is 5.93. The highest BCUT2D eigenvalue weighted by Crippen LogP contribution is 2.28. The summed E-state index contributed by atoms with van der Waals surface area (Å²) in [6.07, 6.45) is 2.43. The summed E-state index contributed by atoms with van der Waals surface area (Å²) in [5.41, 5.74) is 1.40. The molecule has 1 aliphatic rings. The van der Waals surface area contributed by atoms with Gasteiger partial charge in [-0.3, -0.25) is 4.90 Å². The topological polar surface area (TPSA) is 47.7 Å². The molecule has 26 heavy (non-hydrogen) atoms. The van der Waals surface area contributed by atoms with Crippen molar-refractivity contribution < 1.29 is 13.9 Å². The molecule has 0 radical (unpaired) electrons. The Kier molecular flexibility index (Phi) is 4.74. The van der Waals surface area contributed by atoms with Crippen LogP contribution in [0.4, 0.5) is 0 Å². The Bertz CT molecular complexity index is 880. The van der Waals surface area contributed by atoms with Gasteiger partial charge >= 0.3 is 0 Å². The Morgan fingerprint density at radius 3 is 2.85 bits per heavy atom. The maximum atomic E-state index is 6.19. The summed E-state index contributed by atoms with van der Waals surface area (Å²) in [6.45, 7) is 5.50. The smallest absolute Gasteiger partial charge is 0.181 e. The summed E-state index contributed by atoms with van der Waals surface area (Å²) in [5.74, 6) is 1.66. The number of rotatable bonds is 6. The highest BCUT2D eigenvalue weighted by molar-refractivity contribution is 6.30. The van der Waals surface area contributed by atoms with Gasteiger partial charge in [0.05, 0.1) is 0 Å². The standard InChI is InChI=1S/C20H21ClN2O3/c1-20(26-16-4-2-15(21)3-5-16)8-9-23(13-20)10-11-24-17-6-7-18-19(12-17)25-14-22-18/h2-7,12,14H,8-11,13H2,1H3. The van der Waals surface area contributed by atoms with Gasteiger partial charge in [-0.25, -0.2) is 4.98 Å². The fourth-order valence-corrected chi connectivity index (χ4v) is 3.43. The quantitative estimate of drug-likeness (QED) is 0.641. The van der Waals surface area contributed by atoms with E-state index in [1.807, 2.05) is 42.5 Å². The number of ether oxygens (including phenoxy) is 2. The van der Waals surface area contributed by atoms with Gasteiger partial charge in [0.15, 0.2) is 12.0 Å². The minimum atomic E-state index is -0.188. The van der Waals surface area contributed by atoms with E-state index in [-0.39, 0.29) is 5.60 Å². The minimum absolute atomic E-state index is 0.188. The monoisotopic (exact) mass is 372 g/mol. The number of hydrogen-bond donors (Lipinski definition) is 0. The lowest BCUT2D eigenvalue weighted by Crippen LogP contribution is -2.37. The normalized spacial score (nSPS) is 20.5. The van der Waals surface area contributed by atoms with Crippen LogP contribution in [0.3, 0.4) is 0 Å². The molecule has 0 amide bonds. The Balaban J connectivity index is 1.27. The maximum Gasteiger partial charge on any atom is 0.181 e. The number of likely N-dealkylation sites (tertiary alicyclic amines) is 1. The molecule has 1 atom stereocenters. The summed E-state index contributed by atoms with van der Waals surface area (Å²) < 4.78 is 17.4. The van der Waals surface area contributed by atoms with E-state index in [0.717, 1.165) is 53.7 Å². The van der Waals surface area contributed by atoms with Crippen LogP contribution in [0.25, 0.3) is 11.1 Å². The number of benzene rings is 2. The van der Waals surface area contributed by atoms with Crippen LogP contribution >= 0.6 is 11.6 Å². The average Bonchev–Trinajstić information content (AvgIpc) is 3.23. The highest BCUT2D eigenvalue weighted by Gasteiger charge is 2.35. The van der Waals surface area contributed by atoms with Crippen LogP contribution in [0.1, 0.15) is 13.3 Å². The van der Waals surface area contributed by atoms with Gasteiger partial charge in [-0.15, -0.1) is 0 Å². The second-order valence-corrected chi connectivity index (χ2v) is 7.30. The number of hydrogen-bond acceptors (Lipinski definition) is 5. The molecule has 1 unspecified atom stereocenters. The summed E-state index contributed by atoms with van der Waals surface area (Å²) in [6, 6.07) is 13.2. The van der Waals surface area contributed by atoms with Gasteiger partial charge < -0.3 is 13.9 Å². The molecule has 4 rings (SSSR count). The molecule has 0 N–H and O–H groups in total. The van der Waals surface area contributed by atoms with Crippen molar-refractivity contribution in [2.75, 3.05) is 26.2 Å². The molecule has 6 heteroatoms. The van der Waals surface area contributed by atoms with Crippen molar-refractivity contribution in [1.82, 2.24) is 9.88 Å². The van der Waals surface area contributed by atoms with Crippen molar-refractivity contribution in [3.8, 4) is 11.5 Å². The average molecular weight is 373 g/mol. The number of aromatic nitrogens is 1. The van der Waals surface area contributed by atoms with Crippen LogP contribution in [0.15, 0.2) is 53.3 Å². The third-order valence-electron chi connectivity index (χ3n) is 4.67. The predicted molar refractivity (Wildman–Crippen MR) is 101 cm³/mol. The molecule has 2 heterocycles. The molecule has 1 aliphatic heterocycles. The van der Waals surface area contributed by atoms with Gasteiger partial charge in [0.2, 0.25) is 0 Å². The molecule has 0 saturated carbocycles. The van der Waals surface area contributed by atoms with Gasteiger partial charge in [-0.05, 0) is 43.3 Å². The lowest BCUT2D eigenvalue weighted by atomic mass is 10.1. The molecule has 0 bridgehead atoms. The van der Waals surface area contributed by atoms with E-state index in [1.165, 1.54) is 6.39 Å². The molecule has 5 nitrogen and oxygen atoms in total. The van der Waals surface area contributed by atoms with Crippen molar-refractivity contribution in [2.45, 2.75) is 18.9 Å². The predicted octanol–water partition coefficient (Wildman–Crippen LogP) is 4.40. The Labute approximate surface area is 157 Å². The van der Waals surface area contributed by atoms with E-state index in [1.54, 1.807) is 0 Å². The largest absolute Gasteiger partial charge is 0.492 e. The summed E-state index contributed by atoms with van der Waals surface area (Å²) in [5, 5.41) is 0.719. The first-order valence-electron chi connectivity index (χ1n) is 8.73. The van der Waals surface area contributed by atoms with Crippen molar-refractivity contribution in [2.24, 2.45) is 0 Å². The number of halogens is 1. The van der Waals surface area contributed by atoms with Crippen LogP contribution in [-0.4, -0.2) is 41.7 Å². The van der Waals surface area contributed by atoms with E-state index in [0.29, 0.717) is 6.61 Å². The molecule has 2 aromatic carbocycles. The number of fused-ring (bicyclic) bond motifs is 1. The van der Waals surface area contributed by atoms with E-state index in [9.17, 15) is 0 Å². The zero-order valence-electron chi connectivity index (χ0n) is 14.7. The first-order valence-corrected chi connectivity index (χ1v) is 9.10. The molecule has 0 spiro atoms. The zero-order valence-corrected chi connectivity index (χ0v) is 15.4. The first-order chi connectivity index (χ1) is 12.6. The molecular weight excluding hydrogens is 352 g/mol. The van der Waals surface area contributed by atoms with Crippen LogP contribution < -0.4 is 9.47 Å². The van der Waals surface area contributed by atoms with E-state index < -0.39 is 0 Å². The van der Waals surface area contributed by atoms with Crippen molar-refractivity contribution in [3.05, 3.63) is 53.9 Å². The SMILES string of the molecule is CC1(Oc2ccc(Cl)cc2)CCN(CCOc2ccc3ncoc3c2)C1. The third kappa shape index (κ3) is 3.94. The van der Waals surface area contributed by atoms with Crippen molar-refractivity contribution >= 4 is 22.7 Å². The lowest BCUT2D eigenvalue weighted by molar-refractivity contribution is 0.0935. The van der Waals surface area contributed by atoms with E-state index >= 15 is 0 Å². The van der Waals surface area contributed by atoms with Gasteiger partial charge in [-0.2, -0.15) is 0 Å². The maximum absolute atomic E-state index is 6.19. The minimum Gasteiger partial charge on any atom is -0.492 e. The number of nitrogens with zero attached hydrogens (tertiary/aromatic N) is 2. The lowest BCUT2D eigenvalue weighted by Gasteiger charge is -2.26. The van der Waals surface area contributed by atoms with Crippen molar-refractivity contribution in [3.63, 3.8) is 0 Å². The van der Waals surface area contributed by atoms with Crippen molar-refractivity contribution in [1.29, 1.82) is 0 Å². The fraction of sp³-hybridized carbons (Fsp3) is 0.350. The Morgan fingerprint density at radius 1 is 1.19 bits per heavy atom. The molecule has 1 fully saturated rings. The van der Waals surface area contributed by atoms with Gasteiger partial charge in [-0.1, -0.05) is 11.6 Å². The van der Waals surface area contributed by atoms with Gasteiger partial charge in [0, 0.05) is 37.1 Å². The van der Waals surface area contributed by atoms with Crippen LogP contribution in [0.5, 0.6) is 11.5 Å². The highest BCUT2D eigenvalue weighted by atomic mass is 35.5. The molecule has 3 aromatic rings. The Morgan fingerprint density at radius 2 is 2.00 bits per heavy atom. The number of oxazole rings is 1. The molecular formula is C20H21ClN2O3. The fourth-order valence-electron chi connectivity index (χ4n) is 3.30. The molecule has 1 saturated heterocycles. The van der Waals surface area contributed by atoms with E-state index in [2.05, 4.69) is 16.8 Å². The summed E-state index contributed by atoms with van der Waals surface area (Å²) in [4.78, 5) is 6.47. The van der Waals surface area contributed by atoms with E-state index in [4.69, 9.17) is 25.5 Å². The molecule has 1 aromatic heterocycles. The van der Waals surface area contributed by atoms with Crippen LogP contribution in [0, 0.1) is 0 Å². The molecule has 136 valence electrons. The van der Waals surface area contributed by atoms with Gasteiger partial charge in [0.1, 0.15) is 29.2 Å². The second-order valence-electron chi connectivity index (χ2n) is 6.86. The third-order valence-corrected chi connectivity index (χ3v) is 4.92. The Hall–Kier alpha value is -2.24.